The quantitative estimate of drug-likeness (QED) is 0.889. The highest BCUT2D eigenvalue weighted by atomic mass is 16.5. The Morgan fingerprint density at radius 1 is 1.24 bits per heavy atom. The molecule has 7 heteroatoms. The molecule has 1 aromatic heterocycles. The molecule has 2 saturated heterocycles. The van der Waals surface area contributed by atoms with Crippen molar-refractivity contribution in [3.05, 3.63) is 42.1 Å². The molecule has 7 nitrogen and oxygen atoms in total. The molecule has 0 unspecified atom stereocenters. The molecule has 0 bridgehead atoms. The number of ether oxygens (including phenoxy) is 1. The van der Waals surface area contributed by atoms with Crippen LogP contribution >= 0.6 is 0 Å². The molecule has 0 aliphatic carbocycles. The molecule has 1 aromatic carbocycles. The van der Waals surface area contributed by atoms with Crippen molar-refractivity contribution < 1.29 is 14.3 Å². The third-order valence-electron chi connectivity index (χ3n) is 5.01. The Kier molecular flexibility index (Phi) is 4.01. The molecule has 25 heavy (non-hydrogen) atoms. The van der Waals surface area contributed by atoms with Gasteiger partial charge < -0.3 is 14.5 Å². The van der Waals surface area contributed by atoms with Gasteiger partial charge in [-0.15, -0.1) is 0 Å². The van der Waals surface area contributed by atoms with Crippen molar-refractivity contribution in [2.75, 3.05) is 26.7 Å². The summed E-state index contributed by atoms with van der Waals surface area (Å²) < 4.78 is 5.78. The van der Waals surface area contributed by atoms with Crippen LogP contribution in [0.25, 0.3) is 11.3 Å². The Balaban J connectivity index is 1.49. The van der Waals surface area contributed by atoms with E-state index in [1.807, 2.05) is 30.3 Å². The number of aromatic amines is 1. The normalized spacial score (nSPS) is 23.5. The Bertz CT molecular complexity index is 772. The number of benzene rings is 1. The van der Waals surface area contributed by atoms with Gasteiger partial charge in [-0.3, -0.25) is 14.7 Å². The third-order valence-corrected chi connectivity index (χ3v) is 5.01. The molecule has 1 N–H and O–H groups in total. The molecule has 2 aliphatic rings. The number of carbonyl (C=O) groups is 2. The zero-order chi connectivity index (χ0) is 17.4. The molecule has 0 spiro atoms. The number of carbonyl (C=O) groups excluding carboxylic acids is 2. The smallest absolute Gasteiger partial charge is 0.254 e. The number of hydrogen-bond donors (Lipinski definition) is 1. The van der Waals surface area contributed by atoms with E-state index in [9.17, 15) is 9.59 Å². The van der Waals surface area contributed by atoms with Crippen molar-refractivity contribution in [1.29, 1.82) is 0 Å². The summed E-state index contributed by atoms with van der Waals surface area (Å²) in [6.07, 6.45) is 2.00. The van der Waals surface area contributed by atoms with E-state index in [4.69, 9.17) is 4.74 Å². The van der Waals surface area contributed by atoms with E-state index in [1.54, 1.807) is 23.0 Å². The number of likely N-dealkylation sites (N-methyl/N-ethyl adjacent to an activating group) is 1. The van der Waals surface area contributed by atoms with Crippen LogP contribution in [0, 0.1) is 0 Å². The molecule has 2 fully saturated rings. The molecule has 0 saturated carbocycles. The summed E-state index contributed by atoms with van der Waals surface area (Å²) in [6.45, 7) is 1.45. The van der Waals surface area contributed by atoms with Crippen LogP contribution in [0.15, 0.2) is 36.5 Å². The minimum Gasteiger partial charge on any atom is -0.374 e. The summed E-state index contributed by atoms with van der Waals surface area (Å²) in [5.41, 5.74) is 2.53. The minimum atomic E-state index is -0.107. The molecule has 2 amide bonds. The topological polar surface area (TPSA) is 78.5 Å². The monoisotopic (exact) mass is 340 g/mol. The first-order valence-electron chi connectivity index (χ1n) is 8.40. The fourth-order valence-corrected chi connectivity index (χ4v) is 3.51. The largest absolute Gasteiger partial charge is 0.374 e. The Morgan fingerprint density at radius 2 is 2.04 bits per heavy atom. The summed E-state index contributed by atoms with van der Waals surface area (Å²) in [7, 11) is 1.79. The zero-order valence-corrected chi connectivity index (χ0v) is 14.0. The highest BCUT2D eigenvalue weighted by molar-refractivity contribution is 5.95. The van der Waals surface area contributed by atoms with Crippen LogP contribution in [0.1, 0.15) is 16.8 Å². The number of likely N-dealkylation sites (tertiary alicyclic amines) is 1. The lowest BCUT2D eigenvalue weighted by Gasteiger charge is -2.25. The molecule has 0 radical (unpaired) electrons. The number of fused-ring (bicyclic) bond motifs is 1. The van der Waals surface area contributed by atoms with Gasteiger partial charge in [-0.1, -0.05) is 12.1 Å². The summed E-state index contributed by atoms with van der Waals surface area (Å²) in [4.78, 5) is 28.3. The summed E-state index contributed by atoms with van der Waals surface area (Å²) in [5, 5.41) is 6.84. The van der Waals surface area contributed by atoms with Crippen LogP contribution in [0.2, 0.25) is 0 Å². The molecule has 2 atom stereocenters. The van der Waals surface area contributed by atoms with Crippen LogP contribution < -0.4 is 0 Å². The van der Waals surface area contributed by atoms with E-state index >= 15 is 0 Å². The van der Waals surface area contributed by atoms with E-state index in [0.29, 0.717) is 31.7 Å². The number of nitrogens with one attached hydrogen (secondary N) is 1. The highest BCUT2D eigenvalue weighted by Gasteiger charge is 2.41. The summed E-state index contributed by atoms with van der Waals surface area (Å²) in [5.74, 6) is 0.0411. The van der Waals surface area contributed by atoms with Crippen LogP contribution in [0.3, 0.4) is 0 Å². The van der Waals surface area contributed by atoms with E-state index in [-0.39, 0.29) is 24.0 Å². The lowest BCUT2D eigenvalue weighted by Crippen LogP contribution is -2.43. The van der Waals surface area contributed by atoms with Gasteiger partial charge in [0, 0.05) is 31.9 Å². The van der Waals surface area contributed by atoms with Gasteiger partial charge in [0.1, 0.15) is 0 Å². The minimum absolute atomic E-state index is 0.0336. The van der Waals surface area contributed by atoms with Gasteiger partial charge in [0.2, 0.25) is 5.91 Å². The molecular weight excluding hydrogens is 320 g/mol. The third kappa shape index (κ3) is 2.91. The van der Waals surface area contributed by atoms with E-state index in [0.717, 1.165) is 11.3 Å². The maximum absolute atomic E-state index is 12.8. The molecule has 4 rings (SSSR count). The zero-order valence-electron chi connectivity index (χ0n) is 14.0. The van der Waals surface area contributed by atoms with Crippen molar-refractivity contribution in [2.24, 2.45) is 0 Å². The number of hydrogen-bond acceptors (Lipinski definition) is 4. The number of H-pyrrole nitrogens is 1. The van der Waals surface area contributed by atoms with Crippen molar-refractivity contribution in [2.45, 2.75) is 18.6 Å². The molecule has 2 aliphatic heterocycles. The van der Waals surface area contributed by atoms with E-state index < -0.39 is 0 Å². The second-order valence-electron chi connectivity index (χ2n) is 6.49. The molecule has 130 valence electrons. The second kappa shape index (κ2) is 6.33. The molecule has 2 aromatic rings. The summed E-state index contributed by atoms with van der Waals surface area (Å²) >= 11 is 0. The van der Waals surface area contributed by atoms with Crippen LogP contribution in [-0.4, -0.2) is 70.7 Å². The Hall–Kier alpha value is -2.67. The van der Waals surface area contributed by atoms with Gasteiger partial charge >= 0.3 is 0 Å². The Labute approximate surface area is 145 Å². The van der Waals surface area contributed by atoms with Gasteiger partial charge in [-0.2, -0.15) is 5.10 Å². The van der Waals surface area contributed by atoms with Gasteiger partial charge in [0.15, 0.2) is 0 Å². The maximum Gasteiger partial charge on any atom is 0.254 e. The SMILES string of the molecule is CN1C(=O)CCO[C@H]2CN(C(=O)c3ccc(-c4ccn[nH]4)cc3)C[C@@H]21. The van der Waals surface area contributed by atoms with E-state index in [2.05, 4.69) is 10.2 Å². The average Bonchev–Trinajstić information content (AvgIpc) is 3.28. The fraction of sp³-hybridized carbons (Fsp3) is 0.389. The highest BCUT2D eigenvalue weighted by Crippen LogP contribution is 2.24. The fourth-order valence-electron chi connectivity index (χ4n) is 3.51. The average molecular weight is 340 g/mol. The van der Waals surface area contributed by atoms with E-state index in [1.165, 1.54) is 0 Å². The first-order chi connectivity index (χ1) is 12.1. The standard InChI is InChI=1S/C18H20N4O3/c1-21-15-10-22(11-16(15)25-9-7-17(21)23)18(24)13-4-2-12(3-5-13)14-6-8-19-20-14/h2-6,8,15-16H,7,9-11H2,1H3,(H,19,20)/t15-,16-/m0/s1. The first kappa shape index (κ1) is 15.8. The lowest BCUT2D eigenvalue weighted by molar-refractivity contribution is -0.131. The van der Waals surface area contributed by atoms with Gasteiger partial charge in [0.25, 0.3) is 5.91 Å². The maximum atomic E-state index is 12.8. The van der Waals surface area contributed by atoms with Gasteiger partial charge in [-0.25, -0.2) is 0 Å². The lowest BCUT2D eigenvalue weighted by atomic mass is 10.1. The van der Waals surface area contributed by atoms with Crippen molar-refractivity contribution >= 4 is 11.8 Å². The van der Waals surface area contributed by atoms with Crippen molar-refractivity contribution in [3.8, 4) is 11.3 Å². The first-order valence-corrected chi connectivity index (χ1v) is 8.40. The van der Waals surface area contributed by atoms with Gasteiger partial charge in [-0.05, 0) is 23.8 Å². The number of rotatable bonds is 2. The van der Waals surface area contributed by atoms with Crippen LogP contribution in [-0.2, 0) is 9.53 Å². The van der Waals surface area contributed by atoms with Crippen LogP contribution in [0.5, 0.6) is 0 Å². The molecule has 3 heterocycles. The predicted octanol–water partition coefficient (Wildman–Crippen LogP) is 1.15. The van der Waals surface area contributed by atoms with Crippen LogP contribution in [0.4, 0.5) is 0 Å². The number of nitrogens with zero attached hydrogens (tertiary/aromatic N) is 3. The predicted molar refractivity (Wildman–Crippen MR) is 90.8 cm³/mol. The van der Waals surface area contributed by atoms with Crippen molar-refractivity contribution in [3.63, 3.8) is 0 Å². The number of amides is 2. The Morgan fingerprint density at radius 3 is 2.76 bits per heavy atom. The summed E-state index contributed by atoms with van der Waals surface area (Å²) in [6, 6.07) is 9.27. The second-order valence-corrected chi connectivity index (χ2v) is 6.49. The molecular formula is C18H20N4O3. The number of aromatic nitrogens is 2. The van der Waals surface area contributed by atoms with Crippen molar-refractivity contribution in [1.82, 2.24) is 20.0 Å². The van der Waals surface area contributed by atoms with Gasteiger partial charge in [0.05, 0.1) is 30.9 Å².